The summed E-state index contributed by atoms with van der Waals surface area (Å²) < 4.78 is 4.69. The van der Waals surface area contributed by atoms with Crippen molar-refractivity contribution in [2.45, 2.75) is 25.9 Å². The van der Waals surface area contributed by atoms with Gasteiger partial charge in [-0.3, -0.25) is 14.9 Å². The van der Waals surface area contributed by atoms with Gasteiger partial charge in [0, 0.05) is 12.1 Å². The van der Waals surface area contributed by atoms with Crippen LogP contribution in [0.4, 0.5) is 0 Å². The third kappa shape index (κ3) is 3.56. The van der Waals surface area contributed by atoms with Crippen LogP contribution in [0.2, 0.25) is 0 Å². The van der Waals surface area contributed by atoms with Gasteiger partial charge in [-0.25, -0.2) is 0 Å². The highest BCUT2D eigenvalue weighted by molar-refractivity contribution is 5.92. The number of carbonyl (C=O) groups excluding carboxylic acids is 2. The summed E-state index contributed by atoms with van der Waals surface area (Å²) in [6.45, 7) is 3.91. The zero-order valence-electron chi connectivity index (χ0n) is 10.8. The average molecular weight is 250 g/mol. The van der Waals surface area contributed by atoms with Gasteiger partial charge in [0.05, 0.1) is 7.11 Å². The first kappa shape index (κ1) is 14.2. The minimum absolute atomic E-state index is 0.339. The molecule has 0 fully saturated rings. The first-order valence-electron chi connectivity index (χ1n) is 5.59. The van der Waals surface area contributed by atoms with Crippen LogP contribution in [0.3, 0.4) is 0 Å². The fraction of sp³-hybridized carbons (Fsp3) is 0.385. The van der Waals surface area contributed by atoms with Gasteiger partial charge in [0.25, 0.3) is 0 Å². The summed E-state index contributed by atoms with van der Waals surface area (Å²) >= 11 is 0. The Morgan fingerprint density at radius 3 is 2.61 bits per heavy atom. The van der Waals surface area contributed by atoms with E-state index < -0.39 is 11.4 Å². The van der Waals surface area contributed by atoms with Gasteiger partial charge >= 0.3 is 5.97 Å². The number of primary amides is 1. The zero-order valence-corrected chi connectivity index (χ0v) is 10.8. The van der Waals surface area contributed by atoms with Gasteiger partial charge in [0.1, 0.15) is 5.54 Å². The quantitative estimate of drug-likeness (QED) is 0.758. The number of carbonyl (C=O) groups is 2. The molecule has 0 bridgehead atoms. The second kappa shape index (κ2) is 5.64. The molecule has 98 valence electrons. The van der Waals surface area contributed by atoms with E-state index in [1.807, 2.05) is 6.07 Å². The minimum atomic E-state index is -0.780. The summed E-state index contributed by atoms with van der Waals surface area (Å²) in [5.41, 5.74) is 5.75. The normalized spacial score (nSPS) is 11.1. The maximum absolute atomic E-state index is 11.5. The largest absolute Gasteiger partial charge is 0.468 e. The van der Waals surface area contributed by atoms with Gasteiger partial charge < -0.3 is 10.5 Å². The van der Waals surface area contributed by atoms with Crippen LogP contribution in [-0.2, 0) is 16.1 Å². The molecule has 5 heteroatoms. The van der Waals surface area contributed by atoms with E-state index >= 15 is 0 Å². The van der Waals surface area contributed by atoms with Gasteiger partial charge in [-0.05, 0) is 31.5 Å². The molecule has 18 heavy (non-hydrogen) atoms. The Bertz CT molecular complexity index is 455. The van der Waals surface area contributed by atoms with Crippen molar-refractivity contribution in [2.24, 2.45) is 5.73 Å². The summed E-state index contributed by atoms with van der Waals surface area (Å²) in [5.74, 6) is -0.808. The Morgan fingerprint density at radius 1 is 1.39 bits per heavy atom. The summed E-state index contributed by atoms with van der Waals surface area (Å²) in [7, 11) is 1.35. The molecule has 5 nitrogen and oxygen atoms in total. The highest BCUT2D eigenvalue weighted by atomic mass is 16.5. The van der Waals surface area contributed by atoms with Crippen molar-refractivity contribution in [3.05, 3.63) is 35.4 Å². The van der Waals surface area contributed by atoms with Crippen LogP contribution in [0.15, 0.2) is 24.3 Å². The number of nitrogens with two attached hydrogens (primary N) is 1. The molecule has 0 aliphatic rings. The van der Waals surface area contributed by atoms with Crippen LogP contribution < -0.4 is 11.1 Å². The molecule has 0 atom stereocenters. The molecule has 0 heterocycles. The van der Waals surface area contributed by atoms with E-state index in [9.17, 15) is 9.59 Å². The molecule has 1 aromatic rings. The Hall–Kier alpha value is -1.88. The fourth-order valence-corrected chi connectivity index (χ4v) is 1.48. The van der Waals surface area contributed by atoms with Crippen LogP contribution >= 0.6 is 0 Å². The van der Waals surface area contributed by atoms with E-state index in [1.165, 1.54) is 7.11 Å². The zero-order chi connectivity index (χ0) is 13.8. The van der Waals surface area contributed by atoms with E-state index in [2.05, 4.69) is 10.1 Å². The molecule has 1 amide bonds. The molecule has 3 N–H and O–H groups in total. The van der Waals surface area contributed by atoms with Crippen LogP contribution in [-0.4, -0.2) is 24.5 Å². The lowest BCUT2D eigenvalue weighted by atomic mass is 10.0. The highest BCUT2D eigenvalue weighted by Gasteiger charge is 2.27. The standard InChI is InChI=1S/C13H18N2O3/c1-13(2,12(17)18-3)15-8-9-5-4-6-10(7-9)11(14)16/h4-7,15H,8H2,1-3H3,(H2,14,16). The maximum atomic E-state index is 11.5. The van der Waals surface area contributed by atoms with E-state index in [1.54, 1.807) is 32.0 Å². The van der Waals surface area contributed by atoms with Crippen molar-refractivity contribution in [2.75, 3.05) is 7.11 Å². The lowest BCUT2D eigenvalue weighted by Gasteiger charge is -2.23. The monoisotopic (exact) mass is 250 g/mol. The summed E-state index contributed by atoms with van der Waals surface area (Å²) in [6, 6.07) is 6.95. The van der Waals surface area contributed by atoms with Crippen LogP contribution in [0, 0.1) is 0 Å². The number of nitrogens with one attached hydrogen (secondary N) is 1. The molecule has 0 saturated heterocycles. The summed E-state index contributed by atoms with van der Waals surface area (Å²) in [4.78, 5) is 22.5. The number of hydrogen-bond donors (Lipinski definition) is 2. The number of methoxy groups -OCH3 is 1. The molecule has 1 rings (SSSR count). The van der Waals surface area contributed by atoms with Crippen molar-refractivity contribution in [1.29, 1.82) is 0 Å². The number of benzene rings is 1. The van der Waals surface area contributed by atoms with E-state index in [-0.39, 0.29) is 5.97 Å². The number of hydrogen-bond acceptors (Lipinski definition) is 4. The Kier molecular flexibility index (Phi) is 4.44. The van der Waals surface area contributed by atoms with E-state index in [0.717, 1.165) is 5.56 Å². The Balaban J connectivity index is 2.72. The molecule has 0 aliphatic heterocycles. The van der Waals surface area contributed by atoms with Crippen LogP contribution in [0.1, 0.15) is 29.8 Å². The molecule has 0 spiro atoms. The third-order valence-corrected chi connectivity index (χ3v) is 2.64. The molecule has 1 aromatic carbocycles. The summed E-state index contributed by atoms with van der Waals surface area (Å²) in [5, 5.41) is 3.07. The fourth-order valence-electron chi connectivity index (χ4n) is 1.48. The second-order valence-corrected chi connectivity index (χ2v) is 4.53. The molecular formula is C13H18N2O3. The minimum Gasteiger partial charge on any atom is -0.468 e. The van der Waals surface area contributed by atoms with Crippen LogP contribution in [0.25, 0.3) is 0 Å². The molecular weight excluding hydrogens is 232 g/mol. The van der Waals surface area contributed by atoms with Gasteiger partial charge in [-0.2, -0.15) is 0 Å². The Morgan fingerprint density at radius 2 is 2.06 bits per heavy atom. The third-order valence-electron chi connectivity index (χ3n) is 2.64. The Labute approximate surface area is 106 Å². The highest BCUT2D eigenvalue weighted by Crippen LogP contribution is 2.09. The maximum Gasteiger partial charge on any atom is 0.325 e. The first-order valence-corrected chi connectivity index (χ1v) is 5.59. The van der Waals surface area contributed by atoms with Crippen molar-refractivity contribution in [3.63, 3.8) is 0 Å². The number of amides is 1. The molecule has 0 aromatic heterocycles. The van der Waals surface area contributed by atoms with E-state index in [0.29, 0.717) is 12.1 Å². The molecule has 0 radical (unpaired) electrons. The average Bonchev–Trinajstić information content (AvgIpc) is 2.35. The summed E-state index contributed by atoms with van der Waals surface area (Å²) in [6.07, 6.45) is 0. The van der Waals surface area contributed by atoms with Crippen LogP contribution in [0.5, 0.6) is 0 Å². The number of ether oxygens (including phenoxy) is 1. The van der Waals surface area contributed by atoms with Gasteiger partial charge in [0.15, 0.2) is 0 Å². The number of esters is 1. The van der Waals surface area contributed by atoms with E-state index in [4.69, 9.17) is 5.73 Å². The predicted octanol–water partition coefficient (Wildman–Crippen LogP) is 0.827. The lowest BCUT2D eigenvalue weighted by molar-refractivity contribution is -0.147. The number of rotatable bonds is 5. The second-order valence-electron chi connectivity index (χ2n) is 4.53. The lowest BCUT2D eigenvalue weighted by Crippen LogP contribution is -2.46. The first-order chi connectivity index (χ1) is 8.36. The van der Waals surface area contributed by atoms with Gasteiger partial charge in [0.2, 0.25) is 5.91 Å². The molecule has 0 saturated carbocycles. The topological polar surface area (TPSA) is 81.4 Å². The van der Waals surface area contributed by atoms with Crippen molar-refractivity contribution in [3.8, 4) is 0 Å². The van der Waals surface area contributed by atoms with Crippen molar-refractivity contribution < 1.29 is 14.3 Å². The van der Waals surface area contributed by atoms with Gasteiger partial charge in [-0.1, -0.05) is 12.1 Å². The predicted molar refractivity (Wildman–Crippen MR) is 67.9 cm³/mol. The van der Waals surface area contributed by atoms with Crippen molar-refractivity contribution >= 4 is 11.9 Å². The molecule has 0 aliphatic carbocycles. The SMILES string of the molecule is COC(=O)C(C)(C)NCc1cccc(C(N)=O)c1. The van der Waals surface area contributed by atoms with Crippen molar-refractivity contribution in [1.82, 2.24) is 5.32 Å². The smallest absolute Gasteiger partial charge is 0.325 e. The van der Waals surface area contributed by atoms with Gasteiger partial charge in [-0.15, -0.1) is 0 Å². The molecule has 0 unspecified atom stereocenters.